The van der Waals surface area contributed by atoms with E-state index >= 15 is 0 Å². The summed E-state index contributed by atoms with van der Waals surface area (Å²) < 4.78 is 0. The lowest BCUT2D eigenvalue weighted by Crippen LogP contribution is -1.98. The second-order valence-corrected chi connectivity index (χ2v) is 5.86. The van der Waals surface area contributed by atoms with Crippen LogP contribution in [0.25, 0.3) is 11.1 Å². The van der Waals surface area contributed by atoms with Crippen molar-refractivity contribution in [1.29, 1.82) is 0 Å². The third-order valence-corrected chi connectivity index (χ3v) is 4.32. The number of benzene rings is 3. The molecule has 3 aromatic carbocycles. The number of carbonyl (C=O) groups excluding carboxylic acids is 1. The van der Waals surface area contributed by atoms with Crippen LogP contribution in [0.15, 0.2) is 78.9 Å². The van der Waals surface area contributed by atoms with E-state index in [1.54, 1.807) is 0 Å². The Morgan fingerprint density at radius 1 is 0.565 bits per heavy atom. The first-order valence-corrected chi connectivity index (χ1v) is 7.76. The Morgan fingerprint density at radius 2 is 1.13 bits per heavy atom. The van der Waals surface area contributed by atoms with Crippen LogP contribution in [0.4, 0.5) is 0 Å². The van der Waals surface area contributed by atoms with E-state index < -0.39 is 0 Å². The summed E-state index contributed by atoms with van der Waals surface area (Å²) in [5, 5.41) is 0. The maximum atomic E-state index is 13.0. The summed E-state index contributed by atoms with van der Waals surface area (Å²) in [7, 11) is 0. The van der Waals surface area contributed by atoms with Crippen LogP contribution in [0.5, 0.6) is 0 Å². The van der Waals surface area contributed by atoms with Gasteiger partial charge in [0.15, 0.2) is 5.78 Å². The molecule has 23 heavy (non-hydrogen) atoms. The summed E-state index contributed by atoms with van der Waals surface area (Å²) in [6.07, 6.45) is 0. The molecule has 0 aliphatic heterocycles. The van der Waals surface area contributed by atoms with Crippen molar-refractivity contribution < 1.29 is 4.79 Å². The van der Waals surface area contributed by atoms with Gasteiger partial charge in [-0.3, -0.25) is 4.79 Å². The van der Waals surface area contributed by atoms with Crippen molar-refractivity contribution in [2.75, 3.05) is 0 Å². The van der Waals surface area contributed by atoms with Gasteiger partial charge in [0.05, 0.1) is 0 Å². The summed E-state index contributed by atoms with van der Waals surface area (Å²) in [4.78, 5) is 13.0. The third-order valence-electron chi connectivity index (χ3n) is 4.32. The Balaban J connectivity index is 2.02. The summed E-state index contributed by atoms with van der Waals surface area (Å²) in [6.45, 7) is 2.06. The van der Waals surface area contributed by atoms with Gasteiger partial charge in [-0.2, -0.15) is 0 Å². The molecule has 1 aliphatic carbocycles. The molecule has 0 N–H and O–H groups in total. The van der Waals surface area contributed by atoms with Crippen LogP contribution < -0.4 is 0 Å². The van der Waals surface area contributed by atoms with E-state index in [0.717, 1.165) is 33.4 Å². The number of fused-ring (bicyclic) bond motifs is 1. The average Bonchev–Trinajstić information content (AvgIpc) is 2.90. The number of allylic oxidation sites excluding steroid dienone is 1. The van der Waals surface area contributed by atoms with E-state index in [2.05, 4.69) is 31.2 Å². The molecule has 0 fully saturated rings. The van der Waals surface area contributed by atoms with Crippen LogP contribution in [0, 0.1) is 6.92 Å². The molecule has 3 aromatic rings. The molecule has 0 saturated carbocycles. The number of rotatable bonds is 2. The van der Waals surface area contributed by atoms with E-state index in [0.29, 0.717) is 0 Å². The average molecular weight is 296 g/mol. The van der Waals surface area contributed by atoms with Crippen molar-refractivity contribution in [2.24, 2.45) is 0 Å². The zero-order valence-electron chi connectivity index (χ0n) is 12.9. The summed E-state index contributed by atoms with van der Waals surface area (Å²) in [5.41, 5.74) is 6.92. The molecular weight excluding hydrogens is 280 g/mol. The van der Waals surface area contributed by atoms with Gasteiger partial charge in [-0.1, -0.05) is 84.4 Å². The Labute approximate surface area is 135 Å². The highest BCUT2D eigenvalue weighted by Crippen LogP contribution is 2.41. The van der Waals surface area contributed by atoms with Gasteiger partial charge in [-0.25, -0.2) is 0 Å². The highest BCUT2D eigenvalue weighted by atomic mass is 16.1. The normalized spacial score (nSPS) is 13.3. The first-order valence-electron chi connectivity index (χ1n) is 7.76. The van der Waals surface area contributed by atoms with Crippen LogP contribution >= 0.6 is 0 Å². The lowest BCUT2D eigenvalue weighted by Gasteiger charge is -2.09. The number of Topliss-reactive ketones (excluding diaryl/α,β-unsaturated/α-hetero) is 1. The van der Waals surface area contributed by atoms with Gasteiger partial charge < -0.3 is 0 Å². The van der Waals surface area contributed by atoms with Crippen LogP contribution in [0.2, 0.25) is 0 Å². The topological polar surface area (TPSA) is 17.1 Å². The number of hydrogen-bond donors (Lipinski definition) is 0. The first kappa shape index (κ1) is 13.7. The monoisotopic (exact) mass is 296 g/mol. The second kappa shape index (κ2) is 5.36. The summed E-state index contributed by atoms with van der Waals surface area (Å²) in [5.74, 6) is 0.114. The van der Waals surface area contributed by atoms with Gasteiger partial charge in [0.2, 0.25) is 0 Å². The molecule has 0 amide bonds. The predicted octanol–water partition coefficient (Wildman–Crippen LogP) is 5.15. The van der Waals surface area contributed by atoms with E-state index in [-0.39, 0.29) is 5.78 Å². The van der Waals surface area contributed by atoms with Gasteiger partial charge in [0.25, 0.3) is 0 Å². The largest absolute Gasteiger partial charge is 0.289 e. The van der Waals surface area contributed by atoms with Crippen molar-refractivity contribution >= 4 is 16.9 Å². The lowest BCUT2D eigenvalue weighted by molar-refractivity contribution is 0.105. The molecule has 1 heteroatoms. The minimum absolute atomic E-state index is 0.114. The van der Waals surface area contributed by atoms with Crippen molar-refractivity contribution in [3.05, 3.63) is 107 Å². The molecule has 0 spiro atoms. The standard InChI is InChI=1S/C22H16O/c1-15-11-13-17(14-12-15)21-20(16-7-3-2-4-8-16)18-9-5-6-10-19(18)22(21)23/h2-14H,1H3. The zero-order valence-corrected chi connectivity index (χ0v) is 12.9. The van der Waals surface area contributed by atoms with Gasteiger partial charge in [-0.05, 0) is 23.6 Å². The van der Waals surface area contributed by atoms with Crippen LogP contribution in [0.3, 0.4) is 0 Å². The number of hydrogen-bond acceptors (Lipinski definition) is 1. The fourth-order valence-corrected chi connectivity index (χ4v) is 3.18. The molecule has 4 rings (SSSR count). The molecule has 0 saturated heterocycles. The fraction of sp³-hybridized carbons (Fsp3) is 0.0455. The van der Waals surface area contributed by atoms with Gasteiger partial charge >= 0.3 is 0 Å². The van der Waals surface area contributed by atoms with Gasteiger partial charge in [0.1, 0.15) is 0 Å². The molecular formula is C22H16O. The van der Waals surface area contributed by atoms with E-state index in [9.17, 15) is 4.79 Å². The van der Waals surface area contributed by atoms with E-state index in [1.165, 1.54) is 5.56 Å². The number of ketones is 1. The van der Waals surface area contributed by atoms with E-state index in [4.69, 9.17) is 0 Å². The molecule has 0 bridgehead atoms. The lowest BCUT2D eigenvalue weighted by atomic mass is 9.94. The maximum absolute atomic E-state index is 13.0. The Hall–Kier alpha value is -2.93. The molecule has 1 aliphatic rings. The fourth-order valence-electron chi connectivity index (χ4n) is 3.18. The Morgan fingerprint density at radius 3 is 1.83 bits per heavy atom. The zero-order chi connectivity index (χ0) is 15.8. The molecule has 1 nitrogen and oxygen atoms in total. The number of carbonyl (C=O) groups is 1. The van der Waals surface area contributed by atoms with Crippen molar-refractivity contribution in [3.63, 3.8) is 0 Å². The molecule has 110 valence electrons. The van der Waals surface area contributed by atoms with Crippen molar-refractivity contribution in [3.8, 4) is 0 Å². The van der Waals surface area contributed by atoms with E-state index in [1.807, 2.05) is 54.6 Å². The molecule has 0 atom stereocenters. The molecule has 0 heterocycles. The Kier molecular flexibility index (Phi) is 3.20. The molecule has 0 radical (unpaired) electrons. The first-order chi connectivity index (χ1) is 11.3. The van der Waals surface area contributed by atoms with Crippen molar-refractivity contribution in [2.45, 2.75) is 6.92 Å². The SMILES string of the molecule is Cc1ccc(C2=C(c3ccccc3)c3ccccc3C2=O)cc1. The van der Waals surface area contributed by atoms with Crippen molar-refractivity contribution in [1.82, 2.24) is 0 Å². The minimum Gasteiger partial charge on any atom is -0.289 e. The van der Waals surface area contributed by atoms with Crippen LogP contribution in [-0.2, 0) is 0 Å². The van der Waals surface area contributed by atoms with Crippen LogP contribution in [-0.4, -0.2) is 5.78 Å². The smallest absolute Gasteiger partial charge is 0.194 e. The Bertz CT molecular complexity index is 916. The number of aryl methyl sites for hydroxylation is 1. The van der Waals surface area contributed by atoms with Gasteiger partial charge in [0, 0.05) is 16.7 Å². The highest BCUT2D eigenvalue weighted by molar-refractivity contribution is 6.41. The molecule has 0 aromatic heterocycles. The quantitative estimate of drug-likeness (QED) is 0.639. The van der Waals surface area contributed by atoms with Crippen LogP contribution in [0.1, 0.15) is 32.6 Å². The third kappa shape index (κ3) is 2.22. The summed E-state index contributed by atoms with van der Waals surface area (Å²) >= 11 is 0. The molecule has 0 unspecified atom stereocenters. The predicted molar refractivity (Wildman–Crippen MR) is 94.3 cm³/mol. The van der Waals surface area contributed by atoms with Gasteiger partial charge in [-0.15, -0.1) is 0 Å². The summed E-state index contributed by atoms with van der Waals surface area (Å²) in [6, 6.07) is 26.2. The highest BCUT2D eigenvalue weighted by Gasteiger charge is 2.30. The maximum Gasteiger partial charge on any atom is 0.194 e. The minimum atomic E-state index is 0.114. The second-order valence-electron chi connectivity index (χ2n) is 5.86.